The Morgan fingerprint density at radius 3 is 2.52 bits per heavy atom. The summed E-state index contributed by atoms with van der Waals surface area (Å²) in [7, 11) is 0. The van der Waals surface area contributed by atoms with Gasteiger partial charge in [0.15, 0.2) is 0 Å². The van der Waals surface area contributed by atoms with E-state index >= 15 is 0 Å². The zero-order valence-corrected chi connectivity index (χ0v) is 13.3. The van der Waals surface area contributed by atoms with E-state index in [-0.39, 0.29) is 12.5 Å². The Balaban J connectivity index is 1.64. The third kappa shape index (κ3) is 3.54. The highest BCUT2D eigenvalue weighted by atomic mass is 35.5. The largest absolute Gasteiger partial charge is 0.457 e. The zero-order chi connectivity index (χ0) is 16.2. The van der Waals surface area contributed by atoms with Gasteiger partial charge in [0.05, 0.1) is 5.56 Å². The Kier molecular flexibility index (Phi) is 4.63. The molecule has 1 amide bonds. The van der Waals surface area contributed by atoms with Crippen LogP contribution < -0.4 is 4.90 Å². The first-order valence-corrected chi connectivity index (χ1v) is 7.84. The third-order valence-electron chi connectivity index (χ3n) is 3.80. The number of rotatable bonds is 4. The van der Waals surface area contributed by atoms with Crippen LogP contribution in [0.2, 0.25) is 5.02 Å². The first-order valence-electron chi connectivity index (χ1n) is 7.46. The maximum Gasteiger partial charge on any atom is 0.338 e. The van der Waals surface area contributed by atoms with E-state index in [0.29, 0.717) is 17.0 Å². The molecule has 4 nitrogen and oxygen atoms in total. The van der Waals surface area contributed by atoms with E-state index < -0.39 is 5.97 Å². The lowest BCUT2D eigenvalue weighted by Gasteiger charge is -2.15. The second kappa shape index (κ2) is 6.84. The predicted octanol–water partition coefficient (Wildman–Crippen LogP) is 3.82. The van der Waals surface area contributed by atoms with E-state index in [1.165, 1.54) is 0 Å². The summed E-state index contributed by atoms with van der Waals surface area (Å²) < 4.78 is 5.28. The number of ether oxygens (including phenoxy) is 1. The summed E-state index contributed by atoms with van der Waals surface area (Å²) in [6, 6.07) is 14.1. The summed E-state index contributed by atoms with van der Waals surface area (Å²) in [5, 5.41) is 0.572. The first-order chi connectivity index (χ1) is 11.1. The molecule has 0 aliphatic carbocycles. The van der Waals surface area contributed by atoms with Gasteiger partial charge in [-0.05, 0) is 36.8 Å². The fraction of sp³-hybridized carbons (Fsp3) is 0.222. The van der Waals surface area contributed by atoms with Gasteiger partial charge >= 0.3 is 5.97 Å². The number of anilines is 1. The van der Waals surface area contributed by atoms with Crippen LogP contribution in [0.5, 0.6) is 0 Å². The van der Waals surface area contributed by atoms with Crippen molar-refractivity contribution in [3.8, 4) is 0 Å². The highest BCUT2D eigenvalue weighted by Crippen LogP contribution is 2.22. The van der Waals surface area contributed by atoms with E-state index in [1.807, 2.05) is 18.2 Å². The highest BCUT2D eigenvalue weighted by Gasteiger charge is 2.21. The number of hydrogen-bond acceptors (Lipinski definition) is 3. The molecule has 0 saturated carbocycles. The van der Waals surface area contributed by atoms with Crippen LogP contribution in [0.3, 0.4) is 0 Å². The monoisotopic (exact) mass is 329 g/mol. The molecule has 1 aliphatic heterocycles. The number of benzene rings is 2. The molecule has 118 valence electrons. The maximum atomic E-state index is 12.1. The van der Waals surface area contributed by atoms with Gasteiger partial charge < -0.3 is 9.64 Å². The molecule has 1 heterocycles. The van der Waals surface area contributed by atoms with E-state index in [1.54, 1.807) is 35.2 Å². The Hall–Kier alpha value is -2.33. The van der Waals surface area contributed by atoms with Gasteiger partial charge in [0, 0.05) is 29.2 Å². The number of esters is 1. The van der Waals surface area contributed by atoms with Gasteiger partial charge in [0.2, 0.25) is 5.91 Å². The molecule has 1 fully saturated rings. The number of amides is 1. The third-order valence-corrected chi connectivity index (χ3v) is 4.17. The van der Waals surface area contributed by atoms with E-state index in [4.69, 9.17) is 16.3 Å². The minimum absolute atomic E-state index is 0.124. The quantitative estimate of drug-likeness (QED) is 0.801. The summed E-state index contributed by atoms with van der Waals surface area (Å²) in [5.74, 6) is -0.289. The standard InChI is InChI=1S/C18H16ClNO3/c19-16-5-2-1-4-14(16)12-23-18(22)13-7-9-15(10-8-13)20-11-3-6-17(20)21/h1-2,4-5,7-10H,3,6,11-12H2. The molecule has 1 saturated heterocycles. The average Bonchev–Trinajstić information content (AvgIpc) is 3.00. The van der Waals surface area contributed by atoms with Crippen molar-refractivity contribution >= 4 is 29.2 Å². The number of hydrogen-bond donors (Lipinski definition) is 0. The molecule has 23 heavy (non-hydrogen) atoms. The molecule has 2 aromatic rings. The lowest BCUT2D eigenvalue weighted by molar-refractivity contribution is -0.117. The summed E-state index contributed by atoms with van der Waals surface area (Å²) in [6.45, 7) is 0.861. The molecule has 3 rings (SSSR count). The molecular weight excluding hydrogens is 314 g/mol. The van der Waals surface area contributed by atoms with Crippen molar-refractivity contribution in [2.45, 2.75) is 19.4 Å². The molecule has 0 unspecified atom stereocenters. The van der Waals surface area contributed by atoms with Crippen LogP contribution in [-0.2, 0) is 16.1 Å². The molecule has 0 bridgehead atoms. The SMILES string of the molecule is O=C(OCc1ccccc1Cl)c1ccc(N2CCCC2=O)cc1. The van der Waals surface area contributed by atoms with E-state index in [0.717, 1.165) is 24.2 Å². The van der Waals surface area contributed by atoms with Gasteiger partial charge in [-0.2, -0.15) is 0 Å². The van der Waals surface area contributed by atoms with Crippen molar-refractivity contribution in [2.75, 3.05) is 11.4 Å². The predicted molar refractivity (Wildman–Crippen MR) is 88.6 cm³/mol. The number of halogens is 1. The Bertz CT molecular complexity index is 727. The van der Waals surface area contributed by atoms with Gasteiger partial charge in [-0.25, -0.2) is 4.79 Å². The fourth-order valence-corrected chi connectivity index (χ4v) is 2.73. The van der Waals surface area contributed by atoms with Crippen LogP contribution in [0.25, 0.3) is 0 Å². The van der Waals surface area contributed by atoms with Crippen LogP contribution in [0, 0.1) is 0 Å². The van der Waals surface area contributed by atoms with Gasteiger partial charge in [-0.15, -0.1) is 0 Å². The van der Waals surface area contributed by atoms with E-state index in [2.05, 4.69) is 0 Å². The second-order valence-corrected chi connectivity index (χ2v) is 5.77. The van der Waals surface area contributed by atoms with Crippen LogP contribution in [0.15, 0.2) is 48.5 Å². The summed E-state index contributed by atoms with van der Waals surface area (Å²) in [6.07, 6.45) is 1.46. The van der Waals surface area contributed by atoms with Crippen LogP contribution in [0.4, 0.5) is 5.69 Å². The normalized spacial score (nSPS) is 14.1. The van der Waals surface area contributed by atoms with Crippen molar-refractivity contribution in [2.24, 2.45) is 0 Å². The van der Waals surface area contributed by atoms with Crippen molar-refractivity contribution < 1.29 is 14.3 Å². The lowest BCUT2D eigenvalue weighted by Crippen LogP contribution is -2.23. The van der Waals surface area contributed by atoms with Gasteiger partial charge in [-0.3, -0.25) is 4.79 Å². The number of carbonyl (C=O) groups excluding carboxylic acids is 2. The van der Waals surface area contributed by atoms with E-state index in [9.17, 15) is 9.59 Å². The molecule has 5 heteroatoms. The van der Waals surface area contributed by atoms with Crippen molar-refractivity contribution in [3.05, 3.63) is 64.7 Å². The van der Waals surface area contributed by atoms with Crippen LogP contribution >= 0.6 is 11.6 Å². The van der Waals surface area contributed by atoms with Crippen molar-refractivity contribution in [3.63, 3.8) is 0 Å². The Morgan fingerprint density at radius 1 is 1.13 bits per heavy atom. The minimum Gasteiger partial charge on any atom is -0.457 e. The molecule has 1 aliphatic rings. The van der Waals surface area contributed by atoms with Gasteiger partial charge in [-0.1, -0.05) is 29.8 Å². The molecule has 0 radical (unpaired) electrons. The summed E-state index contributed by atoms with van der Waals surface area (Å²) >= 11 is 6.03. The molecular formula is C18H16ClNO3. The summed E-state index contributed by atoms with van der Waals surface area (Å²) in [5.41, 5.74) is 2.03. The van der Waals surface area contributed by atoms with Gasteiger partial charge in [0.25, 0.3) is 0 Å². The number of nitrogens with zero attached hydrogens (tertiary/aromatic N) is 1. The van der Waals surface area contributed by atoms with Crippen LogP contribution in [0.1, 0.15) is 28.8 Å². The molecule has 0 spiro atoms. The fourth-order valence-electron chi connectivity index (χ4n) is 2.54. The summed E-state index contributed by atoms with van der Waals surface area (Å²) in [4.78, 5) is 25.5. The van der Waals surface area contributed by atoms with Crippen molar-refractivity contribution in [1.29, 1.82) is 0 Å². The smallest absolute Gasteiger partial charge is 0.338 e. The molecule has 0 N–H and O–H groups in total. The minimum atomic E-state index is -0.413. The highest BCUT2D eigenvalue weighted by molar-refractivity contribution is 6.31. The Labute approximate surface area is 139 Å². The first kappa shape index (κ1) is 15.6. The van der Waals surface area contributed by atoms with Crippen LogP contribution in [-0.4, -0.2) is 18.4 Å². The maximum absolute atomic E-state index is 12.1. The lowest BCUT2D eigenvalue weighted by atomic mass is 10.2. The number of carbonyl (C=O) groups is 2. The Morgan fingerprint density at radius 2 is 1.87 bits per heavy atom. The second-order valence-electron chi connectivity index (χ2n) is 5.36. The van der Waals surface area contributed by atoms with Crippen molar-refractivity contribution in [1.82, 2.24) is 0 Å². The molecule has 0 atom stereocenters. The zero-order valence-electron chi connectivity index (χ0n) is 12.5. The van der Waals surface area contributed by atoms with Gasteiger partial charge in [0.1, 0.15) is 6.61 Å². The topological polar surface area (TPSA) is 46.6 Å². The molecule has 0 aromatic heterocycles. The molecule has 2 aromatic carbocycles. The average molecular weight is 330 g/mol.